The van der Waals surface area contributed by atoms with Gasteiger partial charge in [0.15, 0.2) is 0 Å². The van der Waals surface area contributed by atoms with E-state index in [0.717, 1.165) is 36.1 Å². The van der Waals surface area contributed by atoms with Crippen molar-refractivity contribution in [2.24, 2.45) is 0 Å². The maximum Gasteiger partial charge on any atom is 0.260 e. The third-order valence-electron chi connectivity index (χ3n) is 4.31. The average molecular weight is 328 g/mol. The fourth-order valence-electron chi connectivity index (χ4n) is 3.19. The number of nitrogens with one attached hydrogen (secondary N) is 1. The second kappa shape index (κ2) is 5.38. The summed E-state index contributed by atoms with van der Waals surface area (Å²) in [6.45, 7) is 0. The zero-order valence-corrected chi connectivity index (χ0v) is 13.2. The minimum absolute atomic E-state index is 0.0301. The Morgan fingerprint density at radius 3 is 2.78 bits per heavy atom. The average Bonchev–Trinajstić information content (AvgIpc) is 2.70. The molecule has 0 radical (unpaired) electrons. The van der Waals surface area contributed by atoms with Crippen molar-refractivity contribution in [3.05, 3.63) is 39.0 Å². The van der Waals surface area contributed by atoms with E-state index >= 15 is 0 Å². The molecule has 0 aliphatic heterocycles. The van der Waals surface area contributed by atoms with Crippen molar-refractivity contribution in [3.63, 3.8) is 0 Å². The molecule has 3 aromatic rings. The van der Waals surface area contributed by atoms with Gasteiger partial charge >= 0.3 is 0 Å². The van der Waals surface area contributed by atoms with Gasteiger partial charge in [0, 0.05) is 10.9 Å². The van der Waals surface area contributed by atoms with Crippen LogP contribution in [0.3, 0.4) is 0 Å². The molecule has 4 rings (SSSR count). The molecule has 118 valence electrons. The van der Waals surface area contributed by atoms with Crippen LogP contribution in [0.4, 0.5) is 0 Å². The summed E-state index contributed by atoms with van der Waals surface area (Å²) in [5, 5.41) is 20.1. The van der Waals surface area contributed by atoms with Crippen molar-refractivity contribution in [3.8, 4) is 22.9 Å². The SMILES string of the molecule is O=c1[nH]c(-c2ccc(O)cc2O)nc2sc3c(c12)CCCCC3. The van der Waals surface area contributed by atoms with Crippen LogP contribution in [0.15, 0.2) is 23.0 Å². The number of hydrogen-bond donors (Lipinski definition) is 3. The number of hydrogen-bond acceptors (Lipinski definition) is 5. The van der Waals surface area contributed by atoms with Gasteiger partial charge in [0.2, 0.25) is 0 Å². The summed E-state index contributed by atoms with van der Waals surface area (Å²) in [7, 11) is 0. The molecule has 3 N–H and O–H groups in total. The van der Waals surface area contributed by atoms with Gasteiger partial charge in [-0.1, -0.05) is 6.42 Å². The summed E-state index contributed by atoms with van der Waals surface area (Å²) in [5.41, 5.74) is 1.40. The number of aromatic hydroxyl groups is 2. The number of nitrogens with zero attached hydrogens (tertiary/aromatic N) is 1. The van der Waals surface area contributed by atoms with E-state index < -0.39 is 0 Å². The van der Waals surface area contributed by atoms with Crippen molar-refractivity contribution in [1.29, 1.82) is 0 Å². The van der Waals surface area contributed by atoms with E-state index in [9.17, 15) is 15.0 Å². The summed E-state index contributed by atoms with van der Waals surface area (Å²) in [6, 6.07) is 4.25. The number of thiophene rings is 1. The first-order chi connectivity index (χ1) is 11.1. The molecule has 1 aliphatic carbocycles. The molecule has 0 saturated carbocycles. The maximum absolute atomic E-state index is 12.6. The van der Waals surface area contributed by atoms with Gasteiger partial charge in [0.1, 0.15) is 22.2 Å². The predicted molar refractivity (Wildman–Crippen MR) is 90.3 cm³/mol. The zero-order chi connectivity index (χ0) is 16.0. The molecule has 2 aromatic heterocycles. The predicted octanol–water partition coefficient (Wildman–Crippen LogP) is 3.33. The lowest BCUT2D eigenvalue weighted by Gasteiger charge is -2.05. The highest BCUT2D eigenvalue weighted by Gasteiger charge is 2.19. The first kappa shape index (κ1) is 14.3. The lowest BCUT2D eigenvalue weighted by molar-refractivity contribution is 0.451. The second-order valence-electron chi connectivity index (χ2n) is 5.86. The second-order valence-corrected chi connectivity index (χ2v) is 6.94. The number of phenolic OH excluding ortho intramolecular Hbond substituents is 2. The molecule has 1 aliphatic rings. The Labute approximate surface area is 136 Å². The molecule has 0 atom stereocenters. The van der Waals surface area contributed by atoms with Crippen LogP contribution in [0.2, 0.25) is 0 Å². The Bertz CT molecular complexity index is 958. The Morgan fingerprint density at radius 2 is 1.96 bits per heavy atom. The van der Waals surface area contributed by atoms with Gasteiger partial charge < -0.3 is 15.2 Å². The molecule has 0 unspecified atom stereocenters. The molecule has 0 saturated heterocycles. The molecule has 6 heteroatoms. The largest absolute Gasteiger partial charge is 0.508 e. The highest BCUT2D eigenvalue weighted by atomic mass is 32.1. The highest BCUT2D eigenvalue weighted by molar-refractivity contribution is 7.18. The smallest absolute Gasteiger partial charge is 0.260 e. The normalized spacial score (nSPS) is 14.6. The van der Waals surface area contributed by atoms with Crippen LogP contribution >= 0.6 is 11.3 Å². The van der Waals surface area contributed by atoms with Crippen molar-refractivity contribution < 1.29 is 10.2 Å². The first-order valence-electron chi connectivity index (χ1n) is 7.70. The van der Waals surface area contributed by atoms with E-state index in [1.54, 1.807) is 17.4 Å². The van der Waals surface area contributed by atoms with Gasteiger partial charge in [-0.05, 0) is 43.4 Å². The summed E-state index contributed by atoms with van der Waals surface area (Å²) in [4.78, 5) is 21.9. The molecular weight excluding hydrogens is 312 g/mol. The van der Waals surface area contributed by atoms with E-state index in [2.05, 4.69) is 9.97 Å². The Kier molecular flexibility index (Phi) is 3.34. The van der Waals surface area contributed by atoms with Crippen LogP contribution < -0.4 is 5.56 Å². The Morgan fingerprint density at radius 1 is 1.13 bits per heavy atom. The summed E-state index contributed by atoms with van der Waals surface area (Å²) in [6.07, 6.45) is 5.41. The highest BCUT2D eigenvalue weighted by Crippen LogP contribution is 2.35. The fraction of sp³-hybridized carbons (Fsp3) is 0.294. The van der Waals surface area contributed by atoms with Crippen LogP contribution in [-0.2, 0) is 12.8 Å². The van der Waals surface area contributed by atoms with E-state index in [-0.39, 0.29) is 17.1 Å². The maximum atomic E-state index is 12.6. The minimum Gasteiger partial charge on any atom is -0.508 e. The molecule has 0 spiro atoms. The number of rotatable bonds is 1. The number of benzene rings is 1. The van der Waals surface area contributed by atoms with E-state index in [1.165, 1.54) is 23.4 Å². The van der Waals surface area contributed by atoms with Gasteiger partial charge in [-0.15, -0.1) is 11.3 Å². The van der Waals surface area contributed by atoms with Gasteiger partial charge in [-0.2, -0.15) is 0 Å². The van der Waals surface area contributed by atoms with Crippen LogP contribution in [0.1, 0.15) is 29.7 Å². The molecule has 2 heterocycles. The monoisotopic (exact) mass is 328 g/mol. The van der Waals surface area contributed by atoms with Crippen molar-refractivity contribution >= 4 is 21.6 Å². The van der Waals surface area contributed by atoms with E-state index in [4.69, 9.17) is 0 Å². The number of phenols is 2. The van der Waals surface area contributed by atoms with E-state index in [0.29, 0.717) is 16.8 Å². The Balaban J connectivity index is 1.93. The summed E-state index contributed by atoms with van der Waals surface area (Å²) < 4.78 is 0. The quantitative estimate of drug-likeness (QED) is 0.598. The summed E-state index contributed by atoms with van der Waals surface area (Å²) >= 11 is 1.58. The number of aromatic amines is 1. The van der Waals surface area contributed by atoms with Crippen LogP contribution in [-0.4, -0.2) is 20.2 Å². The number of aryl methyl sites for hydroxylation is 2. The lowest BCUT2D eigenvalue weighted by Crippen LogP contribution is -2.10. The molecule has 23 heavy (non-hydrogen) atoms. The first-order valence-corrected chi connectivity index (χ1v) is 8.52. The molecule has 0 amide bonds. The third-order valence-corrected chi connectivity index (χ3v) is 5.50. The van der Waals surface area contributed by atoms with Crippen molar-refractivity contribution in [2.75, 3.05) is 0 Å². The van der Waals surface area contributed by atoms with Crippen molar-refractivity contribution in [2.45, 2.75) is 32.1 Å². The Hall–Kier alpha value is -2.34. The lowest BCUT2D eigenvalue weighted by atomic mass is 10.1. The van der Waals surface area contributed by atoms with Gasteiger partial charge in [0.25, 0.3) is 5.56 Å². The third kappa shape index (κ3) is 2.39. The number of aromatic nitrogens is 2. The molecular formula is C17H16N2O3S. The van der Waals surface area contributed by atoms with Crippen LogP contribution in [0.5, 0.6) is 11.5 Å². The van der Waals surface area contributed by atoms with Crippen LogP contribution in [0.25, 0.3) is 21.6 Å². The van der Waals surface area contributed by atoms with E-state index in [1.807, 2.05) is 0 Å². The standard InChI is InChI=1S/C17H16N2O3S/c20-9-6-7-10(12(21)8-9)15-18-16(22)14-11-4-2-1-3-5-13(11)23-17(14)19-15/h6-8,20-21H,1-5H2,(H,18,19,22). The molecule has 5 nitrogen and oxygen atoms in total. The molecule has 0 fully saturated rings. The van der Waals surface area contributed by atoms with Gasteiger partial charge in [-0.3, -0.25) is 4.79 Å². The van der Waals surface area contributed by atoms with Gasteiger partial charge in [0.05, 0.1) is 10.9 Å². The zero-order valence-electron chi connectivity index (χ0n) is 12.4. The fourth-order valence-corrected chi connectivity index (χ4v) is 4.45. The molecule has 1 aromatic carbocycles. The number of H-pyrrole nitrogens is 1. The number of fused-ring (bicyclic) bond motifs is 3. The van der Waals surface area contributed by atoms with Crippen LogP contribution in [0, 0.1) is 0 Å². The topological polar surface area (TPSA) is 86.2 Å². The van der Waals surface area contributed by atoms with Gasteiger partial charge in [-0.25, -0.2) is 4.98 Å². The summed E-state index contributed by atoms with van der Waals surface area (Å²) in [5.74, 6) is 0.194. The van der Waals surface area contributed by atoms with Crippen molar-refractivity contribution in [1.82, 2.24) is 9.97 Å². The minimum atomic E-state index is -0.156. The molecule has 0 bridgehead atoms.